The third-order valence-electron chi connectivity index (χ3n) is 7.34. The van der Waals surface area contributed by atoms with Gasteiger partial charge in [-0.1, -0.05) is 62.9 Å². The quantitative estimate of drug-likeness (QED) is 0.513. The smallest absolute Gasteiger partial charge is 0.342 e. The van der Waals surface area contributed by atoms with Crippen molar-refractivity contribution >= 4 is 17.8 Å². The molecule has 2 heterocycles. The first kappa shape index (κ1) is 26.8. The zero-order valence-corrected chi connectivity index (χ0v) is 22.2. The number of benzene rings is 1. The molecule has 1 saturated carbocycles. The Bertz CT molecular complexity index is 1110. The summed E-state index contributed by atoms with van der Waals surface area (Å²) in [6.07, 6.45) is 6.61. The second kappa shape index (κ2) is 12.3. The first-order valence-electron chi connectivity index (χ1n) is 13.7. The molecule has 0 spiro atoms. The minimum atomic E-state index is -0.576. The number of carbonyl (C=O) groups is 3. The van der Waals surface area contributed by atoms with Crippen LogP contribution >= 0.6 is 0 Å². The van der Waals surface area contributed by atoms with Gasteiger partial charge in [0.15, 0.2) is 5.82 Å². The lowest BCUT2D eigenvalue weighted by Gasteiger charge is -2.41. The summed E-state index contributed by atoms with van der Waals surface area (Å²) in [6, 6.07) is 9.36. The maximum Gasteiger partial charge on any atom is 0.342 e. The fourth-order valence-corrected chi connectivity index (χ4v) is 5.42. The van der Waals surface area contributed by atoms with Gasteiger partial charge in [0.1, 0.15) is 11.3 Å². The summed E-state index contributed by atoms with van der Waals surface area (Å²) in [4.78, 5) is 53.1. The second-order valence-corrected chi connectivity index (χ2v) is 10.0. The molecule has 0 N–H and O–H groups in total. The minimum absolute atomic E-state index is 0.0787. The van der Waals surface area contributed by atoms with Gasteiger partial charge in [0.2, 0.25) is 5.91 Å². The number of carbonyl (C=O) groups excluding carboxylic acids is 3. The zero-order chi connectivity index (χ0) is 26.4. The van der Waals surface area contributed by atoms with E-state index in [0.717, 1.165) is 37.7 Å². The molecule has 198 valence electrons. The summed E-state index contributed by atoms with van der Waals surface area (Å²) < 4.78 is 5.33. The summed E-state index contributed by atoms with van der Waals surface area (Å²) in [5.41, 5.74) is 1.54. The van der Waals surface area contributed by atoms with E-state index in [1.54, 1.807) is 11.8 Å². The molecule has 4 rings (SSSR count). The van der Waals surface area contributed by atoms with E-state index in [1.807, 2.05) is 49.1 Å². The van der Waals surface area contributed by atoms with E-state index in [9.17, 15) is 14.4 Å². The number of esters is 1. The lowest BCUT2D eigenvalue weighted by atomic mass is 9.87. The van der Waals surface area contributed by atoms with Crippen LogP contribution in [0.25, 0.3) is 11.4 Å². The van der Waals surface area contributed by atoms with Gasteiger partial charge < -0.3 is 14.5 Å². The Morgan fingerprint density at radius 1 is 1.00 bits per heavy atom. The highest BCUT2D eigenvalue weighted by atomic mass is 16.5. The van der Waals surface area contributed by atoms with Crippen molar-refractivity contribution in [3.63, 3.8) is 0 Å². The molecule has 8 heteroatoms. The number of rotatable bonds is 7. The summed E-state index contributed by atoms with van der Waals surface area (Å²) in [5, 5.41) is 0. The average Bonchev–Trinajstić information content (AvgIpc) is 2.93. The van der Waals surface area contributed by atoms with Gasteiger partial charge in [0.25, 0.3) is 5.91 Å². The molecule has 2 aromatic rings. The Morgan fingerprint density at radius 2 is 1.73 bits per heavy atom. The van der Waals surface area contributed by atoms with Gasteiger partial charge in [-0.3, -0.25) is 9.59 Å². The number of ether oxygens (including phenoxy) is 1. The lowest BCUT2D eigenvalue weighted by Crippen LogP contribution is -2.57. The zero-order valence-electron chi connectivity index (χ0n) is 22.2. The normalized spacial score (nSPS) is 18.5. The van der Waals surface area contributed by atoms with Gasteiger partial charge in [-0.25, -0.2) is 14.8 Å². The van der Waals surface area contributed by atoms with Gasteiger partial charge in [-0.05, 0) is 33.1 Å². The van der Waals surface area contributed by atoms with Crippen LogP contribution in [0.3, 0.4) is 0 Å². The third-order valence-corrected chi connectivity index (χ3v) is 7.34. The predicted octanol–water partition coefficient (Wildman–Crippen LogP) is 4.53. The highest BCUT2D eigenvalue weighted by Crippen LogP contribution is 2.28. The SMILES string of the molecule is CCCc1nc(-c2ccccc2)nc(C(=O)N2CCN(C(=O)C3CCCCC3)C(C)C2)c1C(=O)OCC. The van der Waals surface area contributed by atoms with Crippen molar-refractivity contribution < 1.29 is 19.1 Å². The number of nitrogens with zero attached hydrogens (tertiary/aromatic N) is 4. The van der Waals surface area contributed by atoms with Gasteiger partial charge in [-0.15, -0.1) is 0 Å². The highest BCUT2D eigenvalue weighted by Gasteiger charge is 2.36. The van der Waals surface area contributed by atoms with Crippen LogP contribution in [0.4, 0.5) is 0 Å². The molecular formula is C29H38N4O4. The second-order valence-electron chi connectivity index (χ2n) is 10.0. The maximum absolute atomic E-state index is 13.9. The Balaban J connectivity index is 1.64. The third kappa shape index (κ3) is 6.00. The fraction of sp³-hybridized carbons (Fsp3) is 0.552. The van der Waals surface area contributed by atoms with E-state index >= 15 is 0 Å². The van der Waals surface area contributed by atoms with Crippen LogP contribution in [-0.2, 0) is 16.0 Å². The molecule has 1 aliphatic heterocycles. The lowest BCUT2D eigenvalue weighted by molar-refractivity contribution is -0.140. The Labute approximate surface area is 219 Å². The molecule has 2 aliphatic rings. The van der Waals surface area contributed by atoms with E-state index < -0.39 is 5.97 Å². The summed E-state index contributed by atoms with van der Waals surface area (Å²) >= 11 is 0. The van der Waals surface area contributed by atoms with Crippen molar-refractivity contribution in [1.29, 1.82) is 0 Å². The van der Waals surface area contributed by atoms with Gasteiger partial charge in [0, 0.05) is 37.2 Å². The molecular weight excluding hydrogens is 468 g/mol. The Morgan fingerprint density at radius 3 is 2.38 bits per heavy atom. The monoisotopic (exact) mass is 506 g/mol. The van der Waals surface area contributed by atoms with E-state index in [4.69, 9.17) is 9.72 Å². The molecule has 1 aromatic carbocycles. The molecule has 1 unspecified atom stereocenters. The first-order valence-corrected chi connectivity index (χ1v) is 13.7. The van der Waals surface area contributed by atoms with Gasteiger partial charge >= 0.3 is 5.97 Å². The molecule has 37 heavy (non-hydrogen) atoms. The highest BCUT2D eigenvalue weighted by molar-refractivity contribution is 6.05. The molecule has 8 nitrogen and oxygen atoms in total. The van der Waals surface area contributed by atoms with Crippen LogP contribution in [0.15, 0.2) is 30.3 Å². The minimum Gasteiger partial charge on any atom is -0.462 e. The Kier molecular flexibility index (Phi) is 8.90. The van der Waals surface area contributed by atoms with E-state index in [0.29, 0.717) is 37.6 Å². The van der Waals surface area contributed by atoms with Crippen molar-refractivity contribution in [3.05, 3.63) is 47.3 Å². The number of hydrogen-bond donors (Lipinski definition) is 0. The summed E-state index contributed by atoms with van der Waals surface area (Å²) in [5.74, 6) is -0.171. The largest absolute Gasteiger partial charge is 0.462 e. The van der Waals surface area contributed by atoms with E-state index in [1.165, 1.54) is 6.42 Å². The van der Waals surface area contributed by atoms with Crippen molar-refractivity contribution in [2.24, 2.45) is 5.92 Å². The van der Waals surface area contributed by atoms with Crippen molar-refractivity contribution in [2.45, 2.75) is 71.8 Å². The topological polar surface area (TPSA) is 92.7 Å². The van der Waals surface area contributed by atoms with Gasteiger partial charge in [-0.2, -0.15) is 0 Å². The standard InChI is InChI=1S/C29H38N4O4/c1-4-12-23-24(29(36)37-5-2)25(31-26(30-23)21-13-8-6-9-14-21)28(35)32-17-18-33(20(3)19-32)27(34)22-15-10-7-11-16-22/h6,8-9,13-14,20,22H,4-5,7,10-12,15-19H2,1-3H3. The number of aryl methyl sites for hydroxylation is 1. The summed E-state index contributed by atoms with van der Waals surface area (Å²) in [6.45, 7) is 7.20. The van der Waals surface area contributed by atoms with Crippen LogP contribution < -0.4 is 0 Å². The van der Waals surface area contributed by atoms with Crippen LogP contribution in [-0.4, -0.2) is 69.8 Å². The van der Waals surface area contributed by atoms with E-state index in [-0.39, 0.29) is 41.6 Å². The fourth-order valence-electron chi connectivity index (χ4n) is 5.42. The summed E-state index contributed by atoms with van der Waals surface area (Å²) in [7, 11) is 0. The molecule has 0 radical (unpaired) electrons. The molecule has 1 aromatic heterocycles. The molecule has 1 saturated heterocycles. The number of aromatic nitrogens is 2. The van der Waals surface area contributed by atoms with Crippen LogP contribution in [0.1, 0.15) is 85.8 Å². The van der Waals surface area contributed by atoms with Gasteiger partial charge in [0.05, 0.1) is 12.3 Å². The molecule has 0 bridgehead atoms. The first-order chi connectivity index (χ1) is 17.9. The predicted molar refractivity (Wildman–Crippen MR) is 141 cm³/mol. The van der Waals surface area contributed by atoms with E-state index in [2.05, 4.69) is 4.98 Å². The number of amides is 2. The number of hydrogen-bond acceptors (Lipinski definition) is 6. The van der Waals surface area contributed by atoms with Crippen LogP contribution in [0.5, 0.6) is 0 Å². The molecule has 1 atom stereocenters. The Hall–Kier alpha value is -3.29. The maximum atomic E-state index is 13.9. The van der Waals surface area contributed by atoms with Crippen LogP contribution in [0, 0.1) is 5.92 Å². The molecule has 2 fully saturated rings. The average molecular weight is 507 g/mol. The molecule has 2 amide bonds. The van der Waals surface area contributed by atoms with Crippen molar-refractivity contribution in [3.8, 4) is 11.4 Å². The van der Waals surface area contributed by atoms with Crippen molar-refractivity contribution in [2.75, 3.05) is 26.2 Å². The number of piperazine rings is 1. The van der Waals surface area contributed by atoms with Crippen LogP contribution in [0.2, 0.25) is 0 Å². The van der Waals surface area contributed by atoms with Crippen molar-refractivity contribution in [1.82, 2.24) is 19.8 Å². The molecule has 1 aliphatic carbocycles.